The molecule has 2 N–H and O–H groups in total. The van der Waals surface area contributed by atoms with E-state index in [1.165, 1.54) is 11.8 Å². The summed E-state index contributed by atoms with van der Waals surface area (Å²) in [5.41, 5.74) is 0.661. The third kappa shape index (κ3) is 3.48. The molecule has 0 unspecified atom stereocenters. The highest BCUT2D eigenvalue weighted by atomic mass is 32.2. The smallest absolute Gasteiger partial charge is 0.234 e. The van der Waals surface area contributed by atoms with Crippen LogP contribution in [0.25, 0.3) is 11.6 Å². The van der Waals surface area contributed by atoms with Crippen molar-refractivity contribution in [3.63, 3.8) is 0 Å². The molecule has 3 rings (SSSR count). The number of nitrogens with one attached hydrogen (secondary N) is 2. The Balaban J connectivity index is 1.54. The van der Waals surface area contributed by atoms with Crippen LogP contribution in [0.15, 0.2) is 52.5 Å². The van der Waals surface area contributed by atoms with Gasteiger partial charge in [-0.2, -0.15) is 4.98 Å². The zero-order chi connectivity index (χ0) is 14.5. The first-order valence-electron chi connectivity index (χ1n) is 6.10. The number of H-pyrrole nitrogens is 1. The second-order valence-electron chi connectivity index (χ2n) is 4.02. The van der Waals surface area contributed by atoms with E-state index < -0.39 is 0 Å². The van der Waals surface area contributed by atoms with E-state index in [0.717, 1.165) is 0 Å². The average molecular weight is 301 g/mol. The van der Waals surface area contributed by atoms with Crippen molar-refractivity contribution < 1.29 is 9.21 Å². The molecule has 0 bridgehead atoms. The molecule has 1 amide bonds. The number of pyridine rings is 1. The molecular formula is C13H11N5O2S. The Hall–Kier alpha value is -2.61. The van der Waals surface area contributed by atoms with Crippen molar-refractivity contribution in [3.8, 4) is 11.6 Å². The van der Waals surface area contributed by atoms with Gasteiger partial charge in [-0.05, 0) is 24.3 Å². The number of carbonyl (C=O) groups is 1. The van der Waals surface area contributed by atoms with E-state index in [2.05, 4.69) is 25.5 Å². The lowest BCUT2D eigenvalue weighted by atomic mass is 10.4. The van der Waals surface area contributed by atoms with Crippen LogP contribution in [0.2, 0.25) is 0 Å². The van der Waals surface area contributed by atoms with Crippen molar-refractivity contribution in [2.24, 2.45) is 0 Å². The summed E-state index contributed by atoms with van der Waals surface area (Å²) in [5.74, 6) is 1.21. The SMILES string of the molecule is O=C(CSc1n[nH]c(-c2ccco2)n1)Nc1cccnc1. The zero-order valence-corrected chi connectivity index (χ0v) is 11.6. The van der Waals surface area contributed by atoms with Crippen molar-refractivity contribution in [2.45, 2.75) is 5.16 Å². The average Bonchev–Trinajstić information content (AvgIpc) is 3.17. The van der Waals surface area contributed by atoms with Gasteiger partial charge in [-0.15, -0.1) is 5.10 Å². The third-order valence-corrected chi connectivity index (χ3v) is 3.34. The maximum absolute atomic E-state index is 11.8. The van der Waals surface area contributed by atoms with Crippen molar-refractivity contribution in [1.82, 2.24) is 20.2 Å². The number of furan rings is 1. The summed E-state index contributed by atoms with van der Waals surface area (Å²) in [5, 5.41) is 10.0. The van der Waals surface area contributed by atoms with Gasteiger partial charge in [0.2, 0.25) is 11.1 Å². The fourth-order valence-corrected chi connectivity index (χ4v) is 2.20. The Morgan fingerprint density at radius 2 is 2.33 bits per heavy atom. The Bertz CT molecular complexity index is 711. The lowest BCUT2D eigenvalue weighted by Gasteiger charge is -2.02. The van der Waals surface area contributed by atoms with Gasteiger partial charge in [0.1, 0.15) is 0 Å². The van der Waals surface area contributed by atoms with Crippen molar-refractivity contribution >= 4 is 23.4 Å². The van der Waals surface area contributed by atoms with Crippen LogP contribution in [0.1, 0.15) is 0 Å². The highest BCUT2D eigenvalue weighted by Crippen LogP contribution is 2.19. The molecular weight excluding hydrogens is 290 g/mol. The largest absolute Gasteiger partial charge is 0.461 e. The number of hydrogen-bond acceptors (Lipinski definition) is 6. The predicted octanol–water partition coefficient (Wildman–Crippen LogP) is 2.19. The number of rotatable bonds is 5. The van der Waals surface area contributed by atoms with E-state index in [1.54, 1.807) is 42.9 Å². The number of amides is 1. The summed E-state index contributed by atoms with van der Waals surface area (Å²) in [7, 11) is 0. The molecule has 0 aliphatic carbocycles. The van der Waals surface area contributed by atoms with Gasteiger partial charge in [-0.3, -0.25) is 14.9 Å². The molecule has 3 heterocycles. The highest BCUT2D eigenvalue weighted by Gasteiger charge is 2.10. The van der Waals surface area contributed by atoms with E-state index in [4.69, 9.17) is 4.42 Å². The fraction of sp³-hybridized carbons (Fsp3) is 0.0769. The molecule has 21 heavy (non-hydrogen) atoms. The summed E-state index contributed by atoms with van der Waals surface area (Å²) < 4.78 is 5.21. The van der Waals surface area contributed by atoms with Gasteiger partial charge in [0, 0.05) is 6.20 Å². The first-order chi connectivity index (χ1) is 10.3. The summed E-state index contributed by atoms with van der Waals surface area (Å²) in [6.45, 7) is 0. The van der Waals surface area contributed by atoms with Crippen LogP contribution >= 0.6 is 11.8 Å². The van der Waals surface area contributed by atoms with Gasteiger partial charge in [-0.25, -0.2) is 0 Å². The minimum Gasteiger partial charge on any atom is -0.461 e. The summed E-state index contributed by atoms with van der Waals surface area (Å²) in [6.07, 6.45) is 4.80. The van der Waals surface area contributed by atoms with E-state index in [0.29, 0.717) is 22.4 Å². The van der Waals surface area contributed by atoms with Crippen LogP contribution in [0.5, 0.6) is 0 Å². The van der Waals surface area contributed by atoms with Crippen molar-refractivity contribution in [3.05, 3.63) is 42.9 Å². The maximum Gasteiger partial charge on any atom is 0.234 e. The minimum atomic E-state index is -0.141. The summed E-state index contributed by atoms with van der Waals surface area (Å²) >= 11 is 1.24. The van der Waals surface area contributed by atoms with Crippen molar-refractivity contribution in [1.29, 1.82) is 0 Å². The topological polar surface area (TPSA) is 96.7 Å². The van der Waals surface area contributed by atoms with E-state index in [1.807, 2.05) is 0 Å². The van der Waals surface area contributed by atoms with Gasteiger partial charge >= 0.3 is 0 Å². The Morgan fingerprint density at radius 3 is 3.10 bits per heavy atom. The second kappa shape index (κ2) is 6.23. The van der Waals surface area contributed by atoms with Crippen LogP contribution in [0.3, 0.4) is 0 Å². The molecule has 106 valence electrons. The first kappa shape index (κ1) is 13.4. The molecule has 3 aromatic rings. The molecule has 0 atom stereocenters. The molecule has 7 nitrogen and oxygen atoms in total. The molecule has 0 spiro atoms. The predicted molar refractivity (Wildman–Crippen MR) is 77.7 cm³/mol. The van der Waals surface area contributed by atoms with Gasteiger partial charge in [0.25, 0.3) is 0 Å². The molecule has 0 aromatic carbocycles. The third-order valence-electron chi connectivity index (χ3n) is 2.50. The lowest BCUT2D eigenvalue weighted by molar-refractivity contribution is -0.113. The standard InChI is InChI=1S/C13H11N5O2S/c19-11(15-9-3-1-5-14-7-9)8-21-13-16-12(17-18-13)10-4-2-6-20-10/h1-7H,8H2,(H,15,19)(H,16,17,18). The summed E-state index contributed by atoms with van der Waals surface area (Å²) in [4.78, 5) is 19.9. The Morgan fingerprint density at radius 1 is 1.38 bits per heavy atom. The zero-order valence-electron chi connectivity index (χ0n) is 10.8. The van der Waals surface area contributed by atoms with Crippen LogP contribution < -0.4 is 5.32 Å². The van der Waals surface area contributed by atoms with Gasteiger partial charge in [0.05, 0.1) is 23.9 Å². The first-order valence-corrected chi connectivity index (χ1v) is 7.09. The van der Waals surface area contributed by atoms with E-state index >= 15 is 0 Å². The molecule has 0 radical (unpaired) electrons. The van der Waals surface area contributed by atoms with Crippen molar-refractivity contribution in [2.75, 3.05) is 11.1 Å². The summed E-state index contributed by atoms with van der Waals surface area (Å²) in [6, 6.07) is 7.08. The van der Waals surface area contributed by atoms with E-state index in [-0.39, 0.29) is 11.7 Å². The Kier molecular flexibility index (Phi) is 3.97. The number of anilines is 1. The number of thioether (sulfide) groups is 1. The minimum absolute atomic E-state index is 0.141. The van der Waals surface area contributed by atoms with Crippen LogP contribution in [0, 0.1) is 0 Å². The van der Waals surface area contributed by atoms with E-state index in [9.17, 15) is 4.79 Å². The second-order valence-corrected chi connectivity index (χ2v) is 4.96. The number of carbonyl (C=O) groups excluding carboxylic acids is 1. The molecule has 0 saturated carbocycles. The van der Waals surface area contributed by atoms with Crippen LogP contribution in [0.4, 0.5) is 5.69 Å². The normalized spacial score (nSPS) is 10.5. The Labute approximate surface area is 124 Å². The lowest BCUT2D eigenvalue weighted by Crippen LogP contribution is -2.14. The van der Waals surface area contributed by atoms with Crippen LogP contribution in [-0.2, 0) is 4.79 Å². The van der Waals surface area contributed by atoms with Gasteiger partial charge in [-0.1, -0.05) is 11.8 Å². The molecule has 0 aliphatic rings. The number of nitrogens with zero attached hydrogens (tertiary/aromatic N) is 3. The van der Waals surface area contributed by atoms with Gasteiger partial charge < -0.3 is 9.73 Å². The number of aromatic amines is 1. The monoisotopic (exact) mass is 301 g/mol. The van der Waals surface area contributed by atoms with Crippen LogP contribution in [-0.4, -0.2) is 31.8 Å². The molecule has 0 aliphatic heterocycles. The molecule has 0 fully saturated rings. The van der Waals surface area contributed by atoms with Gasteiger partial charge in [0.15, 0.2) is 11.6 Å². The highest BCUT2D eigenvalue weighted by molar-refractivity contribution is 7.99. The maximum atomic E-state index is 11.8. The quantitative estimate of drug-likeness (QED) is 0.701. The number of hydrogen-bond donors (Lipinski definition) is 2. The molecule has 8 heteroatoms. The fourth-order valence-electron chi connectivity index (χ4n) is 1.60. The molecule has 3 aromatic heterocycles. The molecule has 0 saturated heterocycles. The number of aromatic nitrogens is 4.